The molecule has 0 saturated carbocycles. The van der Waals surface area contributed by atoms with E-state index in [-0.39, 0.29) is 0 Å². The van der Waals surface area contributed by atoms with Crippen LogP contribution in [-0.2, 0) is 19.7 Å². The van der Waals surface area contributed by atoms with Gasteiger partial charge in [-0.1, -0.05) is 78.9 Å². The van der Waals surface area contributed by atoms with E-state index in [1.54, 1.807) is 11.0 Å². The third-order valence-electron chi connectivity index (χ3n) is 8.16. The van der Waals surface area contributed by atoms with Gasteiger partial charge in [0, 0.05) is 11.8 Å². The van der Waals surface area contributed by atoms with E-state index >= 15 is 0 Å². The van der Waals surface area contributed by atoms with Crippen molar-refractivity contribution in [3.8, 4) is 45.5 Å². The zero-order valence-electron chi connectivity index (χ0n) is 25.9. The van der Waals surface area contributed by atoms with Crippen molar-refractivity contribution in [1.29, 1.82) is 10.7 Å². The van der Waals surface area contributed by atoms with E-state index in [2.05, 4.69) is 39.4 Å². The molecule has 2 heterocycles. The van der Waals surface area contributed by atoms with Crippen LogP contribution in [-0.4, -0.2) is 35.7 Å². The van der Waals surface area contributed by atoms with E-state index in [1.807, 2.05) is 102 Å². The number of nitriles is 1. The van der Waals surface area contributed by atoms with E-state index in [0.717, 1.165) is 55.8 Å². The van der Waals surface area contributed by atoms with Gasteiger partial charge in [-0.3, -0.25) is 0 Å². The molecule has 9 heteroatoms. The summed E-state index contributed by atoms with van der Waals surface area (Å²) in [5, 5.41) is 27.1. The Kier molecular flexibility index (Phi) is 8.61. The highest BCUT2D eigenvalue weighted by molar-refractivity contribution is 5.89. The second-order valence-electron chi connectivity index (χ2n) is 11.2. The van der Waals surface area contributed by atoms with Crippen LogP contribution < -0.4 is 4.74 Å². The molecule has 0 aliphatic rings. The summed E-state index contributed by atoms with van der Waals surface area (Å²) in [5.41, 5.74) is 8.90. The number of hydrogen-bond donors (Lipinski definition) is 1. The molecule has 1 N–H and O–H groups in total. The molecule has 0 radical (unpaired) electrons. The first-order valence-electron chi connectivity index (χ1n) is 15.4. The Morgan fingerprint density at radius 2 is 1.50 bits per heavy atom. The quantitative estimate of drug-likeness (QED) is 0.149. The van der Waals surface area contributed by atoms with E-state index in [9.17, 15) is 5.26 Å². The van der Waals surface area contributed by atoms with Gasteiger partial charge in [0.15, 0.2) is 5.82 Å². The molecule has 232 valence electrons. The van der Waals surface area contributed by atoms with Gasteiger partial charge in [0.25, 0.3) is 0 Å². The minimum atomic E-state index is 0.339. The van der Waals surface area contributed by atoms with Gasteiger partial charge < -0.3 is 10.1 Å². The number of aromatic nitrogens is 6. The normalized spacial score (nSPS) is 10.8. The molecule has 2 aromatic heterocycles. The van der Waals surface area contributed by atoms with E-state index in [4.69, 9.17) is 15.1 Å². The molecule has 0 unspecified atom stereocenters. The third kappa shape index (κ3) is 6.50. The van der Waals surface area contributed by atoms with Crippen LogP contribution >= 0.6 is 0 Å². The number of nitrogens with one attached hydrogen (secondary N) is 1. The number of benzene rings is 5. The first-order chi connectivity index (χ1) is 23.7. The van der Waals surface area contributed by atoms with Crippen LogP contribution in [0.15, 0.2) is 134 Å². The number of hydrogen-bond acceptors (Lipinski definition) is 7. The summed E-state index contributed by atoms with van der Waals surface area (Å²) in [5.74, 6) is 1.38. The minimum absolute atomic E-state index is 0.339. The molecule has 0 amide bonds. The Labute approximate surface area is 277 Å². The smallest absolute Gasteiger partial charge is 0.159 e. The second-order valence-corrected chi connectivity index (χ2v) is 11.2. The van der Waals surface area contributed by atoms with Gasteiger partial charge in [-0.05, 0) is 80.9 Å². The number of rotatable bonds is 11. The Morgan fingerprint density at radius 3 is 2.23 bits per heavy atom. The van der Waals surface area contributed by atoms with Gasteiger partial charge >= 0.3 is 0 Å². The Morgan fingerprint density at radius 1 is 0.729 bits per heavy atom. The van der Waals surface area contributed by atoms with Crippen molar-refractivity contribution < 1.29 is 4.74 Å². The molecule has 0 aliphatic heterocycles. The maximum Gasteiger partial charge on any atom is 0.159 e. The molecule has 0 spiro atoms. The van der Waals surface area contributed by atoms with Crippen molar-refractivity contribution in [2.24, 2.45) is 0 Å². The van der Waals surface area contributed by atoms with E-state index in [0.29, 0.717) is 31.1 Å². The molecule has 0 saturated heterocycles. The molecule has 0 bridgehead atoms. The fourth-order valence-electron chi connectivity index (χ4n) is 5.71. The first kappa shape index (κ1) is 30.0. The summed E-state index contributed by atoms with van der Waals surface area (Å²) in [6.07, 6.45) is 6.03. The summed E-state index contributed by atoms with van der Waals surface area (Å²) in [6.45, 7) is 1.26. The lowest BCUT2D eigenvalue weighted by Crippen LogP contribution is -2.08. The predicted molar refractivity (Wildman–Crippen MR) is 184 cm³/mol. The molecule has 0 atom stereocenters. The van der Waals surface area contributed by atoms with Crippen molar-refractivity contribution in [3.63, 3.8) is 0 Å². The molecule has 0 aliphatic carbocycles. The highest BCUT2D eigenvalue weighted by atomic mass is 16.5. The molecule has 9 nitrogen and oxygen atoms in total. The zero-order chi connectivity index (χ0) is 32.7. The molecule has 0 fully saturated rings. The summed E-state index contributed by atoms with van der Waals surface area (Å²) in [4.78, 5) is 8.80. The molecule has 7 rings (SSSR count). The van der Waals surface area contributed by atoms with Crippen molar-refractivity contribution >= 4 is 6.21 Å². The van der Waals surface area contributed by atoms with Gasteiger partial charge in [-0.2, -0.15) is 15.5 Å². The van der Waals surface area contributed by atoms with Gasteiger partial charge in [-0.25, -0.2) is 19.3 Å². The van der Waals surface area contributed by atoms with Crippen LogP contribution in [0.3, 0.4) is 0 Å². The van der Waals surface area contributed by atoms with E-state index < -0.39 is 0 Å². The summed E-state index contributed by atoms with van der Waals surface area (Å²) in [6, 6.07) is 40.4. The van der Waals surface area contributed by atoms with Crippen LogP contribution in [0.4, 0.5) is 0 Å². The summed E-state index contributed by atoms with van der Waals surface area (Å²) >= 11 is 0. The van der Waals surface area contributed by atoms with Crippen molar-refractivity contribution in [3.05, 3.63) is 162 Å². The van der Waals surface area contributed by atoms with Crippen LogP contribution in [0, 0.1) is 16.7 Å². The van der Waals surface area contributed by atoms with Crippen molar-refractivity contribution in [2.45, 2.75) is 19.7 Å². The van der Waals surface area contributed by atoms with Gasteiger partial charge in [-0.15, -0.1) is 0 Å². The maximum atomic E-state index is 9.98. The fourth-order valence-corrected chi connectivity index (χ4v) is 5.71. The van der Waals surface area contributed by atoms with Crippen LogP contribution in [0.25, 0.3) is 33.6 Å². The number of ether oxygens (including phenoxy) is 1. The predicted octanol–water partition coefficient (Wildman–Crippen LogP) is 7.42. The van der Waals surface area contributed by atoms with Crippen LogP contribution in [0.5, 0.6) is 5.75 Å². The van der Waals surface area contributed by atoms with Crippen molar-refractivity contribution in [1.82, 2.24) is 29.5 Å². The lowest BCUT2D eigenvalue weighted by molar-refractivity contribution is 0.306. The highest BCUT2D eigenvalue weighted by Crippen LogP contribution is 2.35. The van der Waals surface area contributed by atoms with Gasteiger partial charge in [0.2, 0.25) is 0 Å². The Bertz CT molecular complexity index is 2200. The standard InChI is InChI=1S/C39H30N8O/c40-20-32-12-11-31(29-9-5-2-6-10-29)17-34(32)23-47-39(43-26-45-47)38-18-33(21-41)35(22-46-27-42-25-44-46)19-37(38)30-13-15-36(16-14-30)48-24-28-7-3-1-4-8-28/h1-19,21,25-27,41H,22-24H2. The topological polar surface area (TPSA) is 118 Å². The molecule has 48 heavy (non-hydrogen) atoms. The van der Waals surface area contributed by atoms with Crippen molar-refractivity contribution in [2.75, 3.05) is 0 Å². The van der Waals surface area contributed by atoms with E-state index in [1.165, 1.54) is 18.9 Å². The minimum Gasteiger partial charge on any atom is -0.489 e. The molecular weight excluding hydrogens is 596 g/mol. The van der Waals surface area contributed by atoms with Gasteiger partial charge in [0.05, 0.1) is 24.7 Å². The summed E-state index contributed by atoms with van der Waals surface area (Å²) in [7, 11) is 0. The van der Waals surface area contributed by atoms with Crippen LogP contribution in [0.2, 0.25) is 0 Å². The lowest BCUT2D eigenvalue weighted by Gasteiger charge is -2.17. The fraction of sp³-hybridized carbons (Fsp3) is 0.0769. The van der Waals surface area contributed by atoms with Crippen LogP contribution in [0.1, 0.15) is 27.8 Å². The Balaban J connectivity index is 1.28. The third-order valence-corrected chi connectivity index (χ3v) is 8.16. The van der Waals surface area contributed by atoms with Gasteiger partial charge in [0.1, 0.15) is 31.3 Å². The Hall–Kier alpha value is -6.66. The largest absolute Gasteiger partial charge is 0.489 e. The SMILES string of the molecule is N#Cc1ccc(-c2ccccc2)cc1Cn1ncnc1-c1cc(C=N)c(Cn2cncn2)cc1-c1ccc(OCc2ccccc2)cc1. The monoisotopic (exact) mass is 626 g/mol. The lowest BCUT2D eigenvalue weighted by atomic mass is 9.93. The maximum absolute atomic E-state index is 9.98. The number of nitrogens with zero attached hydrogens (tertiary/aromatic N) is 7. The average Bonchev–Trinajstić information content (AvgIpc) is 3.84. The highest BCUT2D eigenvalue weighted by Gasteiger charge is 2.19. The molecule has 7 aromatic rings. The average molecular weight is 627 g/mol. The molecular formula is C39H30N8O. The summed E-state index contributed by atoms with van der Waals surface area (Å²) < 4.78 is 9.61. The zero-order valence-corrected chi connectivity index (χ0v) is 25.9. The second kappa shape index (κ2) is 13.8. The molecule has 5 aromatic carbocycles. The first-order valence-corrected chi connectivity index (χ1v) is 15.4.